The lowest BCUT2D eigenvalue weighted by Gasteiger charge is -2.07. The number of aliphatic hydroxyl groups is 1. The molecule has 0 aliphatic heterocycles. The van der Waals surface area contributed by atoms with Crippen molar-refractivity contribution < 1.29 is 13.9 Å². The van der Waals surface area contributed by atoms with Crippen LogP contribution in [0.15, 0.2) is 46.2 Å². The van der Waals surface area contributed by atoms with Crippen LogP contribution in [-0.2, 0) is 6.61 Å². The van der Waals surface area contributed by atoms with Gasteiger partial charge in [0.15, 0.2) is 11.6 Å². The van der Waals surface area contributed by atoms with Crippen LogP contribution in [0.25, 0.3) is 0 Å². The van der Waals surface area contributed by atoms with Gasteiger partial charge in [0.1, 0.15) is 0 Å². The number of halogens is 2. The van der Waals surface area contributed by atoms with Gasteiger partial charge in [0.25, 0.3) is 0 Å². The van der Waals surface area contributed by atoms with E-state index in [9.17, 15) is 8.78 Å². The molecule has 1 nitrogen and oxygen atoms in total. The topological polar surface area (TPSA) is 20.2 Å². The van der Waals surface area contributed by atoms with Crippen molar-refractivity contribution in [1.82, 2.24) is 0 Å². The molecule has 0 fully saturated rings. The molecular formula is C14H12F2OS. The summed E-state index contributed by atoms with van der Waals surface area (Å²) in [5.74, 6) is -1.68. The zero-order chi connectivity index (χ0) is 13.1. The van der Waals surface area contributed by atoms with Crippen molar-refractivity contribution in [2.24, 2.45) is 0 Å². The molecule has 1 N–H and O–H groups in total. The second kappa shape index (κ2) is 5.50. The lowest BCUT2D eigenvalue weighted by atomic mass is 10.1. The number of aryl methyl sites for hydroxylation is 1. The maximum absolute atomic E-state index is 13.1. The van der Waals surface area contributed by atoms with Crippen molar-refractivity contribution in [3.63, 3.8) is 0 Å². The summed E-state index contributed by atoms with van der Waals surface area (Å²) in [6, 6.07) is 9.40. The Morgan fingerprint density at radius 2 is 1.83 bits per heavy atom. The monoisotopic (exact) mass is 266 g/mol. The molecule has 0 aliphatic rings. The van der Waals surface area contributed by atoms with Gasteiger partial charge in [-0.05, 0) is 42.3 Å². The molecule has 18 heavy (non-hydrogen) atoms. The molecule has 2 aromatic carbocycles. The molecule has 0 heterocycles. The third-order valence-corrected chi connectivity index (χ3v) is 3.71. The van der Waals surface area contributed by atoms with Crippen molar-refractivity contribution in [2.75, 3.05) is 0 Å². The minimum atomic E-state index is -0.843. The van der Waals surface area contributed by atoms with E-state index in [0.29, 0.717) is 4.90 Å². The van der Waals surface area contributed by atoms with Crippen LogP contribution in [-0.4, -0.2) is 5.11 Å². The minimum absolute atomic E-state index is 0.00301. The van der Waals surface area contributed by atoms with E-state index in [0.717, 1.165) is 22.1 Å². The van der Waals surface area contributed by atoms with Gasteiger partial charge in [-0.2, -0.15) is 0 Å². The molecule has 0 unspecified atom stereocenters. The zero-order valence-electron chi connectivity index (χ0n) is 9.78. The summed E-state index contributed by atoms with van der Waals surface area (Å²) in [5.41, 5.74) is 1.83. The lowest BCUT2D eigenvalue weighted by molar-refractivity contribution is 0.281. The van der Waals surface area contributed by atoms with Crippen molar-refractivity contribution in [1.29, 1.82) is 0 Å². The van der Waals surface area contributed by atoms with Crippen LogP contribution in [0.2, 0.25) is 0 Å². The van der Waals surface area contributed by atoms with E-state index in [4.69, 9.17) is 5.11 Å². The number of aliphatic hydroxyl groups excluding tert-OH is 1. The summed E-state index contributed by atoms with van der Waals surface area (Å²) in [7, 11) is 0. The van der Waals surface area contributed by atoms with Gasteiger partial charge in [-0.1, -0.05) is 23.9 Å². The molecule has 0 spiro atoms. The van der Waals surface area contributed by atoms with Gasteiger partial charge in [-0.15, -0.1) is 0 Å². The number of hydrogen-bond acceptors (Lipinski definition) is 2. The van der Waals surface area contributed by atoms with Crippen LogP contribution in [0, 0.1) is 18.6 Å². The molecular weight excluding hydrogens is 254 g/mol. The van der Waals surface area contributed by atoms with Crippen LogP contribution in [0.3, 0.4) is 0 Å². The first-order valence-corrected chi connectivity index (χ1v) is 6.25. The second-order valence-corrected chi connectivity index (χ2v) is 5.05. The van der Waals surface area contributed by atoms with E-state index in [2.05, 4.69) is 0 Å². The first-order chi connectivity index (χ1) is 8.60. The minimum Gasteiger partial charge on any atom is -0.392 e. The van der Waals surface area contributed by atoms with E-state index in [-0.39, 0.29) is 6.61 Å². The molecule has 0 aliphatic carbocycles. The van der Waals surface area contributed by atoms with E-state index < -0.39 is 11.6 Å². The van der Waals surface area contributed by atoms with Gasteiger partial charge in [-0.3, -0.25) is 0 Å². The van der Waals surface area contributed by atoms with Gasteiger partial charge in [0.2, 0.25) is 0 Å². The molecule has 94 valence electrons. The number of rotatable bonds is 3. The number of hydrogen-bond donors (Lipinski definition) is 1. The van der Waals surface area contributed by atoms with Gasteiger partial charge in [0, 0.05) is 9.79 Å². The predicted octanol–water partition coefficient (Wildman–Crippen LogP) is 3.92. The van der Waals surface area contributed by atoms with Gasteiger partial charge in [-0.25, -0.2) is 8.78 Å². The molecule has 2 aromatic rings. The lowest BCUT2D eigenvalue weighted by Crippen LogP contribution is -1.88. The van der Waals surface area contributed by atoms with E-state index in [1.54, 1.807) is 6.07 Å². The Hall–Kier alpha value is -1.39. The Morgan fingerprint density at radius 1 is 1.06 bits per heavy atom. The van der Waals surface area contributed by atoms with Crippen LogP contribution in [0.5, 0.6) is 0 Å². The highest BCUT2D eigenvalue weighted by Crippen LogP contribution is 2.31. The summed E-state index contributed by atoms with van der Waals surface area (Å²) in [6.45, 7) is 1.92. The predicted molar refractivity (Wildman–Crippen MR) is 67.6 cm³/mol. The van der Waals surface area contributed by atoms with E-state index in [1.165, 1.54) is 17.8 Å². The first-order valence-electron chi connectivity index (χ1n) is 5.43. The van der Waals surface area contributed by atoms with E-state index >= 15 is 0 Å². The molecule has 0 saturated carbocycles. The van der Waals surface area contributed by atoms with Gasteiger partial charge < -0.3 is 5.11 Å². The average molecular weight is 266 g/mol. The zero-order valence-corrected chi connectivity index (χ0v) is 10.6. The summed E-state index contributed by atoms with van der Waals surface area (Å²) in [4.78, 5) is 1.60. The maximum atomic E-state index is 13.1. The normalized spacial score (nSPS) is 10.7. The molecule has 0 atom stereocenters. The Kier molecular flexibility index (Phi) is 3.99. The molecule has 2 rings (SSSR count). The van der Waals surface area contributed by atoms with Crippen molar-refractivity contribution >= 4 is 11.8 Å². The summed E-state index contributed by atoms with van der Waals surface area (Å²) in [6.07, 6.45) is 0. The second-order valence-electron chi connectivity index (χ2n) is 3.94. The van der Waals surface area contributed by atoms with Crippen LogP contribution in [0.4, 0.5) is 8.78 Å². The van der Waals surface area contributed by atoms with E-state index in [1.807, 2.05) is 25.1 Å². The SMILES string of the molecule is Cc1cc(CO)ccc1Sc1ccc(F)c(F)c1. The fourth-order valence-electron chi connectivity index (χ4n) is 1.59. The molecule has 4 heteroatoms. The Bertz CT molecular complexity index is 570. The Labute approximate surface area is 108 Å². The van der Waals surface area contributed by atoms with Gasteiger partial charge in [0.05, 0.1) is 6.61 Å². The smallest absolute Gasteiger partial charge is 0.159 e. The summed E-state index contributed by atoms with van der Waals surface area (Å²) >= 11 is 1.37. The third-order valence-electron chi connectivity index (χ3n) is 2.54. The highest BCUT2D eigenvalue weighted by atomic mass is 32.2. The fourth-order valence-corrected chi connectivity index (χ4v) is 2.50. The maximum Gasteiger partial charge on any atom is 0.159 e. The van der Waals surface area contributed by atoms with Crippen molar-refractivity contribution in [2.45, 2.75) is 23.3 Å². The van der Waals surface area contributed by atoms with Crippen molar-refractivity contribution in [3.05, 3.63) is 59.2 Å². The first kappa shape index (κ1) is 13.1. The van der Waals surface area contributed by atoms with Crippen LogP contribution >= 0.6 is 11.8 Å². The van der Waals surface area contributed by atoms with Gasteiger partial charge >= 0.3 is 0 Å². The molecule has 0 radical (unpaired) electrons. The largest absolute Gasteiger partial charge is 0.392 e. The molecule has 0 bridgehead atoms. The average Bonchev–Trinajstić information content (AvgIpc) is 2.36. The molecule has 0 saturated heterocycles. The standard InChI is InChI=1S/C14H12F2OS/c1-9-6-10(8-17)2-5-14(9)18-11-3-4-12(15)13(16)7-11/h2-7,17H,8H2,1H3. The van der Waals surface area contributed by atoms with Crippen LogP contribution < -0.4 is 0 Å². The highest BCUT2D eigenvalue weighted by Gasteiger charge is 2.06. The highest BCUT2D eigenvalue weighted by molar-refractivity contribution is 7.99. The fraction of sp³-hybridized carbons (Fsp3) is 0.143. The summed E-state index contributed by atoms with van der Waals surface area (Å²) < 4.78 is 25.9. The quantitative estimate of drug-likeness (QED) is 0.908. The van der Waals surface area contributed by atoms with Crippen molar-refractivity contribution in [3.8, 4) is 0 Å². The Balaban J connectivity index is 2.25. The summed E-state index contributed by atoms with van der Waals surface area (Å²) in [5, 5.41) is 9.01. The third kappa shape index (κ3) is 2.89. The van der Waals surface area contributed by atoms with Crippen LogP contribution in [0.1, 0.15) is 11.1 Å². The number of benzene rings is 2. The molecule has 0 aromatic heterocycles. The molecule has 0 amide bonds. The Morgan fingerprint density at radius 3 is 2.44 bits per heavy atom.